The second-order valence-electron chi connectivity index (χ2n) is 19.1. The second-order valence-corrected chi connectivity index (χ2v) is 19.1. The van der Waals surface area contributed by atoms with Gasteiger partial charge in [0.2, 0.25) is 0 Å². The molecule has 16 heteroatoms. The van der Waals surface area contributed by atoms with Crippen LogP contribution in [0.25, 0.3) is 0 Å². The number of carbonyl (C=O) groups is 6. The van der Waals surface area contributed by atoms with E-state index in [0.29, 0.717) is 138 Å². The van der Waals surface area contributed by atoms with Gasteiger partial charge < -0.3 is 47.4 Å². The van der Waals surface area contributed by atoms with Gasteiger partial charge in [-0.2, -0.15) is 0 Å². The Morgan fingerprint density at radius 1 is 0.467 bits per heavy atom. The molecule has 0 bridgehead atoms. The summed E-state index contributed by atoms with van der Waals surface area (Å²) in [5, 5.41) is 0. The topological polar surface area (TPSA) is 195 Å². The molecule has 0 heterocycles. The number of esters is 4. The van der Waals surface area contributed by atoms with Crippen LogP contribution in [-0.2, 0) is 56.3 Å². The summed E-state index contributed by atoms with van der Waals surface area (Å²) in [7, 11) is 0. The minimum Gasteiger partial charge on any atom is -0.494 e. The normalized spacial score (nSPS) is 20.3. The zero-order valence-corrected chi connectivity index (χ0v) is 42.1. The smallest absolute Gasteiger partial charge is 0.494 e. The predicted octanol–water partition coefficient (Wildman–Crippen LogP) is 11.0. The Morgan fingerprint density at radius 3 is 1.20 bits per heavy atom. The van der Waals surface area contributed by atoms with E-state index >= 15 is 0 Å². The van der Waals surface area contributed by atoms with Crippen LogP contribution in [0.1, 0.15) is 133 Å². The van der Waals surface area contributed by atoms with E-state index in [1.54, 1.807) is 60.7 Å². The van der Waals surface area contributed by atoms with Gasteiger partial charge in [-0.3, -0.25) is 0 Å². The molecule has 4 aliphatic rings. The van der Waals surface area contributed by atoms with Crippen molar-refractivity contribution in [1.29, 1.82) is 0 Å². The molecule has 0 aromatic heterocycles. The van der Waals surface area contributed by atoms with Gasteiger partial charge in [-0.15, -0.1) is 0 Å². The molecule has 4 aromatic carbocycles. The first-order chi connectivity index (χ1) is 36.5. The molecule has 2 saturated carbocycles. The molecule has 0 saturated heterocycles. The predicted molar refractivity (Wildman–Crippen MR) is 272 cm³/mol. The zero-order valence-electron chi connectivity index (χ0n) is 42.1. The summed E-state index contributed by atoms with van der Waals surface area (Å²) in [5.74, 6) is 0.244. The first kappa shape index (κ1) is 53.7. The van der Waals surface area contributed by atoms with Gasteiger partial charge in [0.15, 0.2) is 0 Å². The van der Waals surface area contributed by atoms with Crippen molar-refractivity contribution in [2.45, 2.75) is 133 Å². The van der Waals surface area contributed by atoms with Crippen molar-refractivity contribution in [1.82, 2.24) is 0 Å². The summed E-state index contributed by atoms with van der Waals surface area (Å²) in [6.45, 7) is 8.19. The lowest BCUT2D eigenvalue weighted by Crippen LogP contribution is -2.31. The molecule has 396 valence electrons. The van der Waals surface area contributed by atoms with Gasteiger partial charge in [0, 0.05) is 28.7 Å². The summed E-state index contributed by atoms with van der Waals surface area (Å²) in [6, 6.07) is 24.8. The highest BCUT2D eigenvalue weighted by atomic mass is 16.7. The van der Waals surface area contributed by atoms with Gasteiger partial charge in [0.05, 0.1) is 37.6 Å². The van der Waals surface area contributed by atoms with Crippen LogP contribution in [0, 0.1) is 0 Å². The van der Waals surface area contributed by atoms with Crippen molar-refractivity contribution in [3.05, 3.63) is 144 Å². The van der Waals surface area contributed by atoms with Crippen LogP contribution in [0.4, 0.5) is 9.59 Å². The third kappa shape index (κ3) is 14.4. The quantitative estimate of drug-likeness (QED) is 0.0237. The minimum absolute atomic E-state index is 0.293. The summed E-state index contributed by atoms with van der Waals surface area (Å²) >= 11 is 0. The first-order valence-corrected chi connectivity index (χ1v) is 26.0. The third-order valence-electron chi connectivity index (χ3n) is 14.1. The fraction of sp³-hybridized carbons (Fsp3) is 0.424. The fourth-order valence-corrected chi connectivity index (χ4v) is 10.4. The molecular formula is C59H64O16. The minimum atomic E-state index is -0.810. The van der Waals surface area contributed by atoms with Crippen LogP contribution in [0.5, 0.6) is 23.0 Å². The maximum Gasteiger partial charge on any atom is 0.514 e. The number of carbonyl (C=O) groups excluding carboxylic acids is 6. The largest absolute Gasteiger partial charge is 0.514 e. The Morgan fingerprint density at radius 2 is 0.827 bits per heavy atom. The molecule has 0 atom stereocenters. The molecule has 4 aliphatic carbocycles. The van der Waals surface area contributed by atoms with Gasteiger partial charge in [-0.25, -0.2) is 28.8 Å². The summed E-state index contributed by atoms with van der Waals surface area (Å²) in [4.78, 5) is 75.2. The standard InChI is InChI=1S/C59H64O16/c1-3-51(60)68-37-7-5-35-66-43-19-15-41(16-20-43)55(62)70-45-23-27-47(28-24-45)72-57(64)74-49-13-9-11-39-31-33-59(53(39)49)34-32-40-12-10-14-50(54(40)59)75-58(65)73-48-29-25-46(26-30-48)71-56(63)42-17-21-44(22-18-42)67-36-6-8-38-69-52(61)4-2/h3-4,9-22,45-48H,1-2,5-8,23-38H2. The number of ether oxygens (including phenoxy) is 10. The van der Waals surface area contributed by atoms with Gasteiger partial charge in [0.25, 0.3) is 0 Å². The van der Waals surface area contributed by atoms with E-state index in [0.717, 1.165) is 60.1 Å². The van der Waals surface area contributed by atoms with E-state index in [1.807, 2.05) is 24.3 Å². The maximum absolute atomic E-state index is 13.5. The summed E-state index contributed by atoms with van der Waals surface area (Å²) in [5.41, 5.74) is 4.10. The summed E-state index contributed by atoms with van der Waals surface area (Å²) < 4.78 is 56.8. The SMILES string of the molecule is C=CC(=O)OCCCCOc1ccc(C(=O)OC2CCC(OC(=O)Oc3cccc4c3C3(CC4)CCc4cccc(OC(=O)OC5CCC(OC(=O)c6ccc(OCCCCOC(=O)C=C)cc6)CC5)c43)CC2)cc1. The van der Waals surface area contributed by atoms with Crippen molar-refractivity contribution in [2.24, 2.45) is 0 Å². The highest BCUT2D eigenvalue weighted by Gasteiger charge is 2.49. The van der Waals surface area contributed by atoms with Gasteiger partial charge in [-0.05, 0) is 175 Å². The van der Waals surface area contributed by atoms with Crippen molar-refractivity contribution in [3.8, 4) is 23.0 Å². The fourth-order valence-electron chi connectivity index (χ4n) is 10.4. The average Bonchev–Trinajstić information content (AvgIpc) is 4.04. The maximum atomic E-state index is 13.5. The first-order valence-electron chi connectivity index (χ1n) is 26.0. The Balaban J connectivity index is 0.774. The van der Waals surface area contributed by atoms with E-state index in [2.05, 4.69) is 13.2 Å². The van der Waals surface area contributed by atoms with E-state index in [9.17, 15) is 28.8 Å². The van der Waals surface area contributed by atoms with Crippen molar-refractivity contribution >= 4 is 36.2 Å². The lowest BCUT2D eigenvalue weighted by atomic mass is 9.76. The average molecular weight is 1030 g/mol. The van der Waals surface area contributed by atoms with E-state index in [4.69, 9.17) is 47.4 Å². The number of hydrogen-bond acceptors (Lipinski definition) is 16. The summed E-state index contributed by atoms with van der Waals surface area (Å²) in [6.07, 6.45) is 8.86. The van der Waals surface area contributed by atoms with Crippen LogP contribution in [0.2, 0.25) is 0 Å². The second kappa shape index (κ2) is 26.0. The van der Waals surface area contributed by atoms with Crippen LogP contribution in [-0.4, -0.2) is 87.0 Å². The third-order valence-corrected chi connectivity index (χ3v) is 14.1. The molecule has 2 fully saturated rings. The Hall–Kier alpha value is -7.62. The van der Waals surface area contributed by atoms with Gasteiger partial charge in [-0.1, -0.05) is 37.4 Å². The lowest BCUT2D eigenvalue weighted by Gasteiger charge is -2.30. The van der Waals surface area contributed by atoms with Crippen LogP contribution >= 0.6 is 0 Å². The number of benzene rings is 4. The molecule has 8 rings (SSSR count). The molecule has 75 heavy (non-hydrogen) atoms. The highest BCUT2D eigenvalue weighted by molar-refractivity contribution is 5.90. The van der Waals surface area contributed by atoms with Crippen LogP contribution in [0.15, 0.2) is 110 Å². The Bertz CT molecular complexity index is 2480. The molecule has 0 amide bonds. The van der Waals surface area contributed by atoms with Crippen molar-refractivity contribution in [3.63, 3.8) is 0 Å². The van der Waals surface area contributed by atoms with Gasteiger partial charge in [0.1, 0.15) is 47.4 Å². The molecule has 0 N–H and O–H groups in total. The molecule has 4 aromatic rings. The molecule has 0 radical (unpaired) electrons. The number of fused-ring (bicyclic) bond motifs is 4. The van der Waals surface area contributed by atoms with Crippen LogP contribution < -0.4 is 18.9 Å². The number of unbranched alkanes of at least 4 members (excludes halogenated alkanes) is 2. The number of rotatable bonds is 22. The van der Waals surface area contributed by atoms with E-state index in [1.165, 1.54) is 0 Å². The molecule has 0 unspecified atom stereocenters. The number of aryl methyl sites for hydroxylation is 2. The molecule has 0 aliphatic heterocycles. The molecule has 1 spiro atoms. The Labute approximate surface area is 436 Å². The van der Waals surface area contributed by atoms with E-state index in [-0.39, 0.29) is 12.2 Å². The molecule has 16 nitrogen and oxygen atoms in total. The zero-order chi connectivity index (χ0) is 52.6. The Kier molecular flexibility index (Phi) is 18.6. The lowest BCUT2D eigenvalue weighted by molar-refractivity contribution is -0.138. The molecular weight excluding hydrogens is 965 g/mol. The van der Waals surface area contributed by atoms with Crippen molar-refractivity contribution in [2.75, 3.05) is 26.4 Å². The van der Waals surface area contributed by atoms with Gasteiger partial charge >= 0.3 is 36.2 Å². The van der Waals surface area contributed by atoms with Crippen LogP contribution in [0.3, 0.4) is 0 Å². The number of hydrogen-bond donors (Lipinski definition) is 0. The monoisotopic (exact) mass is 1030 g/mol. The van der Waals surface area contributed by atoms with E-state index < -0.39 is 53.8 Å². The highest BCUT2D eigenvalue weighted by Crippen LogP contribution is 2.57. The van der Waals surface area contributed by atoms with Crippen molar-refractivity contribution < 1.29 is 76.1 Å².